The van der Waals surface area contributed by atoms with Crippen LogP contribution in [0.5, 0.6) is 28.7 Å². The van der Waals surface area contributed by atoms with Gasteiger partial charge in [-0.2, -0.15) is 23.9 Å². The van der Waals surface area contributed by atoms with E-state index in [2.05, 4.69) is 34.4 Å². The summed E-state index contributed by atoms with van der Waals surface area (Å²) in [6, 6.07) is 12.8. The lowest BCUT2D eigenvalue weighted by molar-refractivity contribution is 0.321. The summed E-state index contributed by atoms with van der Waals surface area (Å²) in [5.74, 6) is 3.14. The van der Waals surface area contributed by atoms with Crippen LogP contribution >= 0.6 is 0 Å². The van der Waals surface area contributed by atoms with Crippen molar-refractivity contribution in [3.8, 4) is 34.8 Å². The molecular formula is C38H62N4O8S. The van der Waals surface area contributed by atoms with Crippen molar-refractivity contribution >= 4 is 10.3 Å². The summed E-state index contributed by atoms with van der Waals surface area (Å²) in [5.41, 5.74) is 1.41. The molecule has 0 spiro atoms. The molecule has 12 nitrogen and oxygen atoms in total. The second kappa shape index (κ2) is 25.4. The molecule has 0 aliphatic rings. The Bertz CT molecular complexity index is 1410. The van der Waals surface area contributed by atoms with E-state index in [0.717, 1.165) is 62.0 Å². The van der Waals surface area contributed by atoms with Gasteiger partial charge in [-0.3, -0.25) is 4.55 Å². The largest absolute Gasteiger partial charge is 0.493 e. The molecule has 2 unspecified atom stereocenters. The molecule has 0 amide bonds. The summed E-state index contributed by atoms with van der Waals surface area (Å²) in [6.45, 7) is 2.26. The number of hydrogen-bond donors (Lipinski definition) is 2. The molecule has 0 saturated heterocycles. The highest BCUT2D eigenvalue weighted by molar-refractivity contribution is 7.83. The third kappa shape index (κ3) is 17.5. The highest BCUT2D eigenvalue weighted by atomic mass is 32.2. The first kappa shape index (κ1) is 45.4. The average molecular weight is 735 g/mol. The minimum Gasteiger partial charge on any atom is -0.493 e. The third-order valence-electron chi connectivity index (χ3n) is 9.02. The maximum Gasteiger partial charge on any atom is 0.330 e. The second-order valence-electron chi connectivity index (χ2n) is 12.6. The number of nitriles is 1. The van der Waals surface area contributed by atoms with E-state index in [1.54, 1.807) is 42.6 Å². The highest BCUT2D eigenvalue weighted by Crippen LogP contribution is 2.45. The quantitative estimate of drug-likeness (QED) is 0.0574. The van der Waals surface area contributed by atoms with Gasteiger partial charge in [0.05, 0.1) is 53.1 Å². The molecule has 0 aliphatic carbocycles. The van der Waals surface area contributed by atoms with Crippen LogP contribution in [0.1, 0.15) is 114 Å². The van der Waals surface area contributed by atoms with Crippen LogP contribution in [0.3, 0.4) is 0 Å². The first-order valence-corrected chi connectivity index (χ1v) is 19.4. The molecule has 0 saturated carbocycles. The first-order chi connectivity index (χ1) is 24.4. The van der Waals surface area contributed by atoms with Gasteiger partial charge in [0.25, 0.3) is 0 Å². The van der Waals surface area contributed by atoms with Crippen LogP contribution in [0, 0.1) is 11.3 Å². The Morgan fingerprint density at radius 2 is 1.27 bits per heavy atom. The van der Waals surface area contributed by atoms with E-state index < -0.39 is 15.7 Å². The maximum absolute atomic E-state index is 10.8. The van der Waals surface area contributed by atoms with E-state index in [4.69, 9.17) is 36.7 Å². The number of nitrogens with two attached hydrogens (primary N) is 1. The van der Waals surface area contributed by atoms with Crippen molar-refractivity contribution in [3.05, 3.63) is 41.5 Å². The zero-order valence-corrected chi connectivity index (χ0v) is 32.7. The zero-order chi connectivity index (χ0) is 38.1. The molecule has 13 heteroatoms. The fourth-order valence-corrected chi connectivity index (χ4v) is 6.29. The van der Waals surface area contributed by atoms with E-state index in [-0.39, 0.29) is 6.04 Å². The Morgan fingerprint density at radius 3 is 1.75 bits per heavy atom. The summed E-state index contributed by atoms with van der Waals surface area (Å²) >= 11 is 0. The molecule has 0 aromatic heterocycles. The maximum atomic E-state index is 10.8. The van der Waals surface area contributed by atoms with Gasteiger partial charge >= 0.3 is 10.3 Å². The summed E-state index contributed by atoms with van der Waals surface area (Å²) in [6.07, 6.45) is 17.4. The lowest BCUT2D eigenvalue weighted by atomic mass is 9.73. The van der Waals surface area contributed by atoms with Gasteiger partial charge in [0.15, 0.2) is 23.0 Å². The van der Waals surface area contributed by atoms with Crippen LogP contribution in [0.25, 0.3) is 0 Å². The average Bonchev–Trinajstić information content (AvgIpc) is 3.12. The summed E-state index contributed by atoms with van der Waals surface area (Å²) in [5, 5.41) is 23.4. The SMILES string of the molecule is CCCCCCCCCCCCC(C#N)(CCCC(CCc1ccc(OC)c(OC)c1)N=NC)c1cc(OC)c(OC)c(OC)c1.NS(=O)(=O)O. The smallest absolute Gasteiger partial charge is 0.330 e. The monoisotopic (exact) mass is 734 g/mol. The predicted octanol–water partition coefficient (Wildman–Crippen LogP) is 8.80. The van der Waals surface area contributed by atoms with Crippen molar-refractivity contribution < 1.29 is 36.7 Å². The van der Waals surface area contributed by atoms with Crippen LogP contribution in [0.15, 0.2) is 40.6 Å². The van der Waals surface area contributed by atoms with Gasteiger partial charge in [-0.25, -0.2) is 5.14 Å². The lowest BCUT2D eigenvalue weighted by Crippen LogP contribution is -2.25. The van der Waals surface area contributed by atoms with Gasteiger partial charge in [-0.05, 0) is 73.9 Å². The molecule has 0 bridgehead atoms. The van der Waals surface area contributed by atoms with Gasteiger partial charge < -0.3 is 23.7 Å². The van der Waals surface area contributed by atoms with Crippen molar-refractivity contribution in [2.24, 2.45) is 15.4 Å². The van der Waals surface area contributed by atoms with Crippen molar-refractivity contribution in [2.75, 3.05) is 42.6 Å². The molecule has 2 rings (SSSR count). The van der Waals surface area contributed by atoms with Crippen LogP contribution in [0.2, 0.25) is 0 Å². The normalized spacial score (nSPS) is 13.0. The molecule has 2 aromatic carbocycles. The molecule has 288 valence electrons. The second-order valence-corrected chi connectivity index (χ2v) is 13.7. The zero-order valence-electron chi connectivity index (χ0n) is 31.9. The Hall–Kier alpha value is -3.60. The number of methoxy groups -OCH3 is 5. The number of aryl methyl sites for hydroxylation is 1. The number of nitrogens with zero attached hydrogens (tertiary/aromatic N) is 3. The van der Waals surface area contributed by atoms with E-state index in [1.165, 1.54) is 56.9 Å². The molecule has 3 N–H and O–H groups in total. The summed E-state index contributed by atoms with van der Waals surface area (Å²) in [7, 11) is 5.70. The predicted molar refractivity (Wildman–Crippen MR) is 202 cm³/mol. The molecule has 2 atom stereocenters. The van der Waals surface area contributed by atoms with Crippen LogP contribution in [-0.2, 0) is 22.1 Å². The number of rotatable bonds is 25. The van der Waals surface area contributed by atoms with Crippen LogP contribution < -0.4 is 28.8 Å². The Morgan fingerprint density at radius 1 is 0.765 bits per heavy atom. The van der Waals surface area contributed by atoms with Crippen molar-refractivity contribution in [1.29, 1.82) is 5.26 Å². The Balaban J connectivity index is 0.00000242. The molecule has 0 fully saturated rings. The first-order valence-electron chi connectivity index (χ1n) is 17.9. The van der Waals surface area contributed by atoms with Crippen LogP contribution in [0.4, 0.5) is 0 Å². The molecule has 0 heterocycles. The molecule has 0 aliphatic heterocycles. The van der Waals surface area contributed by atoms with Gasteiger partial charge in [-0.1, -0.05) is 77.2 Å². The lowest BCUT2D eigenvalue weighted by Gasteiger charge is -2.29. The van der Waals surface area contributed by atoms with E-state index in [0.29, 0.717) is 23.7 Å². The molecule has 51 heavy (non-hydrogen) atoms. The Kier molecular flexibility index (Phi) is 22.6. The van der Waals surface area contributed by atoms with Gasteiger partial charge in [-0.15, -0.1) is 0 Å². The molecular weight excluding hydrogens is 673 g/mol. The number of unbranched alkanes of at least 4 members (excludes halogenated alkanes) is 9. The van der Waals surface area contributed by atoms with Crippen molar-refractivity contribution in [1.82, 2.24) is 0 Å². The Labute approximate surface area is 306 Å². The standard InChI is InChI=1S/C38H59N3O5.H3NO3S/c1-8-9-10-11-12-13-14-15-16-17-24-38(29-39,31-27-35(44-5)37(46-7)36(28-31)45-6)25-18-19-32(41-40-2)22-20-30-21-23-33(42-3)34(26-30)43-4;1-5(2,3)4/h21,23,26-28,32H,8-20,22,24-25H2,1-7H3;(H3,1,2,3,4). The third-order valence-corrected chi connectivity index (χ3v) is 9.02. The molecule has 0 radical (unpaired) electrons. The molecule has 2 aromatic rings. The topological polar surface area (TPSA) is 175 Å². The van der Waals surface area contributed by atoms with E-state index >= 15 is 0 Å². The fourth-order valence-electron chi connectivity index (χ4n) is 6.29. The van der Waals surface area contributed by atoms with E-state index in [1.807, 2.05) is 24.3 Å². The van der Waals surface area contributed by atoms with Crippen molar-refractivity contribution in [2.45, 2.75) is 121 Å². The van der Waals surface area contributed by atoms with Gasteiger partial charge in [0.1, 0.15) is 0 Å². The number of hydrogen-bond acceptors (Lipinski definition) is 10. The minimum absolute atomic E-state index is 0.0618. The number of azo groups is 1. The van der Waals surface area contributed by atoms with Crippen LogP contribution in [-0.4, -0.2) is 61.6 Å². The summed E-state index contributed by atoms with van der Waals surface area (Å²) in [4.78, 5) is 0. The fraction of sp³-hybridized carbons (Fsp3) is 0.658. The minimum atomic E-state index is -4.17. The van der Waals surface area contributed by atoms with E-state index in [9.17, 15) is 5.26 Å². The number of benzene rings is 2. The van der Waals surface area contributed by atoms with Crippen molar-refractivity contribution in [3.63, 3.8) is 0 Å². The highest BCUT2D eigenvalue weighted by Gasteiger charge is 2.34. The van der Waals surface area contributed by atoms with Gasteiger partial charge in [0.2, 0.25) is 5.75 Å². The van der Waals surface area contributed by atoms with Gasteiger partial charge in [0, 0.05) is 7.05 Å². The number of ether oxygens (including phenoxy) is 5. The summed E-state index contributed by atoms with van der Waals surface area (Å²) < 4.78 is 53.0.